The Hall–Kier alpha value is -1.03. The summed E-state index contributed by atoms with van der Waals surface area (Å²) in [7, 11) is 0. The Morgan fingerprint density at radius 2 is 1.89 bits per heavy atom. The number of hydrogen-bond donors (Lipinski definition) is 1. The molecular weight excluding hydrogens is 276 g/mol. The second kappa shape index (κ2) is 6.42. The minimum atomic E-state index is 0.443. The number of hydrogen-bond acceptors (Lipinski definition) is 3. The Morgan fingerprint density at radius 1 is 1.21 bits per heavy atom. The highest BCUT2D eigenvalue weighted by Gasteiger charge is 2.07. The lowest BCUT2D eigenvalue weighted by atomic mass is 10.1. The predicted molar refractivity (Wildman–Crippen MR) is 82.6 cm³/mol. The predicted octanol–water partition coefficient (Wildman–Crippen LogP) is 4.10. The van der Waals surface area contributed by atoms with Crippen LogP contribution < -0.4 is 5.73 Å². The van der Waals surface area contributed by atoms with E-state index in [1.807, 2.05) is 6.07 Å². The van der Waals surface area contributed by atoms with Gasteiger partial charge in [0.2, 0.25) is 0 Å². The number of nitrogens with zero attached hydrogens (tertiary/aromatic N) is 1. The summed E-state index contributed by atoms with van der Waals surface area (Å²) in [5.74, 6) is 0.864. The summed E-state index contributed by atoms with van der Waals surface area (Å²) in [6.07, 6.45) is 1.76. The van der Waals surface area contributed by atoms with Crippen LogP contribution in [-0.2, 0) is 12.3 Å². The van der Waals surface area contributed by atoms with E-state index in [-0.39, 0.29) is 0 Å². The van der Waals surface area contributed by atoms with Gasteiger partial charge in [-0.2, -0.15) is 0 Å². The molecule has 2 N–H and O–H groups in total. The van der Waals surface area contributed by atoms with Crippen LogP contribution in [0.15, 0.2) is 35.5 Å². The molecule has 0 fully saturated rings. The lowest BCUT2D eigenvalue weighted by Gasteiger charge is -2.08. The van der Waals surface area contributed by atoms with Crippen molar-refractivity contribution in [3.8, 4) is 0 Å². The van der Waals surface area contributed by atoms with Gasteiger partial charge in [0.05, 0.1) is 5.02 Å². The second-order valence-corrected chi connectivity index (χ2v) is 5.92. The number of rotatable bonds is 4. The molecule has 100 valence electrons. The first-order valence-electron chi connectivity index (χ1n) is 6.13. The first-order valence-corrected chi connectivity index (χ1v) is 7.50. The van der Waals surface area contributed by atoms with E-state index in [0.717, 1.165) is 16.3 Å². The Morgan fingerprint density at radius 3 is 2.53 bits per heavy atom. The lowest BCUT2D eigenvalue weighted by Crippen LogP contribution is -1.98. The SMILES string of the molecule is Cc1cc(C)cc(CSc2nccc(CN)c2Cl)c1. The Kier molecular flexibility index (Phi) is 4.86. The first-order chi connectivity index (χ1) is 9.10. The molecule has 4 heteroatoms. The summed E-state index contributed by atoms with van der Waals surface area (Å²) in [4.78, 5) is 4.32. The van der Waals surface area contributed by atoms with Crippen molar-refractivity contribution in [2.45, 2.75) is 31.2 Å². The van der Waals surface area contributed by atoms with Crippen LogP contribution in [-0.4, -0.2) is 4.98 Å². The van der Waals surface area contributed by atoms with Gasteiger partial charge < -0.3 is 5.73 Å². The maximum absolute atomic E-state index is 6.27. The minimum Gasteiger partial charge on any atom is -0.326 e. The number of aryl methyl sites for hydroxylation is 2. The van der Waals surface area contributed by atoms with Crippen LogP contribution in [0.25, 0.3) is 0 Å². The smallest absolute Gasteiger partial charge is 0.115 e. The van der Waals surface area contributed by atoms with Gasteiger partial charge in [-0.05, 0) is 31.0 Å². The maximum Gasteiger partial charge on any atom is 0.115 e. The third-order valence-corrected chi connectivity index (χ3v) is 4.41. The maximum atomic E-state index is 6.27. The molecule has 0 amide bonds. The van der Waals surface area contributed by atoms with E-state index in [0.29, 0.717) is 11.6 Å². The quantitative estimate of drug-likeness (QED) is 0.862. The number of benzene rings is 1. The van der Waals surface area contributed by atoms with Crippen LogP contribution in [0.1, 0.15) is 22.3 Å². The number of thioether (sulfide) groups is 1. The van der Waals surface area contributed by atoms with E-state index in [9.17, 15) is 0 Å². The molecule has 0 saturated heterocycles. The summed E-state index contributed by atoms with van der Waals surface area (Å²) in [6.45, 7) is 4.67. The van der Waals surface area contributed by atoms with Gasteiger partial charge >= 0.3 is 0 Å². The highest BCUT2D eigenvalue weighted by Crippen LogP contribution is 2.30. The number of halogens is 1. The molecule has 0 atom stereocenters. The van der Waals surface area contributed by atoms with Gasteiger partial charge in [-0.3, -0.25) is 0 Å². The molecule has 0 radical (unpaired) electrons. The monoisotopic (exact) mass is 292 g/mol. The van der Waals surface area contributed by atoms with Crippen LogP contribution >= 0.6 is 23.4 Å². The van der Waals surface area contributed by atoms with Crippen LogP contribution in [0.4, 0.5) is 0 Å². The van der Waals surface area contributed by atoms with E-state index >= 15 is 0 Å². The van der Waals surface area contributed by atoms with Crippen molar-refractivity contribution in [3.05, 3.63) is 57.7 Å². The van der Waals surface area contributed by atoms with Crippen LogP contribution in [0.2, 0.25) is 5.02 Å². The highest BCUT2D eigenvalue weighted by atomic mass is 35.5. The summed E-state index contributed by atoms with van der Waals surface area (Å²) >= 11 is 7.92. The summed E-state index contributed by atoms with van der Waals surface area (Å²) in [5.41, 5.74) is 10.4. The molecule has 2 nitrogen and oxygen atoms in total. The zero-order valence-electron chi connectivity index (χ0n) is 11.1. The number of nitrogens with two attached hydrogens (primary N) is 1. The van der Waals surface area contributed by atoms with Crippen molar-refractivity contribution in [2.24, 2.45) is 5.73 Å². The van der Waals surface area contributed by atoms with Gasteiger partial charge in [-0.1, -0.05) is 40.9 Å². The van der Waals surface area contributed by atoms with Gasteiger partial charge in [0, 0.05) is 18.5 Å². The van der Waals surface area contributed by atoms with E-state index in [4.69, 9.17) is 17.3 Å². The van der Waals surface area contributed by atoms with Gasteiger partial charge in [-0.25, -0.2) is 4.98 Å². The zero-order valence-corrected chi connectivity index (χ0v) is 12.7. The van der Waals surface area contributed by atoms with Gasteiger partial charge in [0.1, 0.15) is 5.03 Å². The molecule has 1 aromatic carbocycles. The Labute approximate surface area is 123 Å². The molecule has 0 saturated carbocycles. The molecule has 19 heavy (non-hydrogen) atoms. The van der Waals surface area contributed by atoms with Crippen molar-refractivity contribution in [1.82, 2.24) is 4.98 Å². The molecule has 0 bridgehead atoms. The van der Waals surface area contributed by atoms with Crippen molar-refractivity contribution < 1.29 is 0 Å². The lowest BCUT2D eigenvalue weighted by molar-refractivity contribution is 1.02. The third-order valence-electron chi connectivity index (χ3n) is 2.81. The van der Waals surface area contributed by atoms with Crippen LogP contribution in [0.5, 0.6) is 0 Å². The fourth-order valence-electron chi connectivity index (χ4n) is 2.02. The molecular formula is C15H17ClN2S. The summed E-state index contributed by atoms with van der Waals surface area (Å²) in [6, 6.07) is 8.43. The van der Waals surface area contributed by atoms with Crippen molar-refractivity contribution >= 4 is 23.4 Å². The molecule has 0 aliphatic carbocycles. The van der Waals surface area contributed by atoms with Gasteiger partial charge in [-0.15, -0.1) is 11.8 Å². The zero-order chi connectivity index (χ0) is 13.8. The molecule has 0 spiro atoms. The molecule has 2 aromatic rings. The topological polar surface area (TPSA) is 38.9 Å². The number of aromatic nitrogens is 1. The van der Waals surface area contributed by atoms with Crippen molar-refractivity contribution in [1.29, 1.82) is 0 Å². The first kappa shape index (κ1) is 14.4. The average molecular weight is 293 g/mol. The minimum absolute atomic E-state index is 0.443. The number of pyridine rings is 1. The Balaban J connectivity index is 2.14. The normalized spacial score (nSPS) is 10.7. The highest BCUT2D eigenvalue weighted by molar-refractivity contribution is 7.98. The Bertz CT molecular complexity index is 564. The van der Waals surface area contributed by atoms with Crippen molar-refractivity contribution in [3.63, 3.8) is 0 Å². The second-order valence-electron chi connectivity index (χ2n) is 4.58. The summed E-state index contributed by atoms with van der Waals surface area (Å²) in [5, 5.41) is 1.53. The largest absolute Gasteiger partial charge is 0.326 e. The molecule has 1 aromatic heterocycles. The van der Waals surface area contributed by atoms with E-state index < -0.39 is 0 Å². The standard InChI is InChI=1S/C15H17ClN2S/c1-10-5-11(2)7-12(6-10)9-19-15-14(16)13(8-17)3-4-18-15/h3-7H,8-9,17H2,1-2H3. The van der Waals surface area contributed by atoms with Gasteiger partial charge in [0.15, 0.2) is 0 Å². The van der Waals surface area contributed by atoms with Crippen LogP contribution in [0.3, 0.4) is 0 Å². The molecule has 0 aliphatic rings. The average Bonchev–Trinajstić information content (AvgIpc) is 2.36. The van der Waals surface area contributed by atoms with E-state index in [1.54, 1.807) is 18.0 Å². The fourth-order valence-corrected chi connectivity index (χ4v) is 3.24. The summed E-state index contributed by atoms with van der Waals surface area (Å²) < 4.78 is 0. The molecule has 1 heterocycles. The third kappa shape index (κ3) is 3.72. The van der Waals surface area contributed by atoms with Crippen LogP contribution in [0, 0.1) is 13.8 Å². The van der Waals surface area contributed by atoms with Gasteiger partial charge in [0.25, 0.3) is 0 Å². The molecule has 0 unspecified atom stereocenters. The van der Waals surface area contributed by atoms with Crippen molar-refractivity contribution in [2.75, 3.05) is 0 Å². The molecule has 2 rings (SSSR count). The van der Waals surface area contributed by atoms with E-state index in [1.165, 1.54) is 16.7 Å². The fraction of sp³-hybridized carbons (Fsp3) is 0.267. The van der Waals surface area contributed by atoms with E-state index in [2.05, 4.69) is 37.0 Å². The molecule has 0 aliphatic heterocycles.